The molecule has 0 fully saturated rings. The lowest BCUT2D eigenvalue weighted by Crippen LogP contribution is -2.31. The average molecular weight is 352 g/mol. The van der Waals surface area contributed by atoms with E-state index in [1.807, 2.05) is 25.7 Å². The lowest BCUT2D eigenvalue weighted by atomic mass is 10.2. The van der Waals surface area contributed by atoms with Gasteiger partial charge in [0.2, 0.25) is 5.91 Å². The number of fused-ring (bicyclic) bond motifs is 1. The average Bonchev–Trinajstić information content (AvgIpc) is 2.87. The van der Waals surface area contributed by atoms with Crippen LogP contribution < -0.4 is 11.0 Å². The van der Waals surface area contributed by atoms with Crippen molar-refractivity contribution in [3.05, 3.63) is 28.7 Å². The molecule has 124 valence electrons. The van der Waals surface area contributed by atoms with Crippen molar-refractivity contribution in [2.45, 2.75) is 26.0 Å². The molecular weight excluding hydrogens is 332 g/mol. The predicted molar refractivity (Wildman–Crippen MR) is 100 cm³/mol. The Balaban J connectivity index is 2.01. The normalized spacial score (nSPS) is 12.1. The van der Waals surface area contributed by atoms with Gasteiger partial charge in [-0.15, -0.1) is 0 Å². The van der Waals surface area contributed by atoms with Gasteiger partial charge >= 0.3 is 5.69 Å². The summed E-state index contributed by atoms with van der Waals surface area (Å²) >= 11 is 6.74. The third-order valence-electron chi connectivity index (χ3n) is 3.45. The number of anilines is 1. The molecule has 0 saturated heterocycles. The summed E-state index contributed by atoms with van der Waals surface area (Å²) in [6.07, 6.45) is 0. The number of aromatic nitrogens is 2. The van der Waals surface area contributed by atoms with Crippen LogP contribution in [-0.2, 0) is 4.79 Å². The van der Waals surface area contributed by atoms with E-state index in [4.69, 9.17) is 12.2 Å². The molecule has 0 aliphatic carbocycles. The van der Waals surface area contributed by atoms with Crippen LogP contribution in [0.15, 0.2) is 23.0 Å². The van der Waals surface area contributed by atoms with Crippen LogP contribution >= 0.6 is 24.0 Å². The first-order chi connectivity index (χ1) is 10.9. The van der Waals surface area contributed by atoms with Gasteiger partial charge in [0.1, 0.15) is 4.32 Å². The minimum Gasteiger partial charge on any atom is -0.358 e. The summed E-state index contributed by atoms with van der Waals surface area (Å²) in [5, 5.41) is 2.55. The molecule has 0 bridgehead atoms. The SMILES string of the molecule is CCN(CC)C(=S)SC(C)C(=O)Nc1ccc2[nH]c(=O)[nH]c2c1. The molecule has 0 spiro atoms. The van der Waals surface area contributed by atoms with E-state index >= 15 is 0 Å². The minimum absolute atomic E-state index is 0.123. The van der Waals surface area contributed by atoms with Crippen molar-refractivity contribution in [3.63, 3.8) is 0 Å². The Morgan fingerprint density at radius 3 is 2.61 bits per heavy atom. The Bertz CT molecular complexity index is 764. The van der Waals surface area contributed by atoms with Gasteiger partial charge in [0.15, 0.2) is 0 Å². The number of benzene rings is 1. The molecule has 1 unspecified atom stereocenters. The molecule has 0 radical (unpaired) electrons. The molecule has 1 amide bonds. The fourth-order valence-corrected chi connectivity index (χ4v) is 3.68. The molecule has 0 aliphatic rings. The van der Waals surface area contributed by atoms with Crippen molar-refractivity contribution in [3.8, 4) is 0 Å². The van der Waals surface area contributed by atoms with Crippen molar-refractivity contribution in [2.24, 2.45) is 0 Å². The summed E-state index contributed by atoms with van der Waals surface area (Å²) in [4.78, 5) is 30.9. The Labute approximate surface area is 144 Å². The van der Waals surface area contributed by atoms with E-state index < -0.39 is 0 Å². The maximum Gasteiger partial charge on any atom is 0.323 e. The van der Waals surface area contributed by atoms with Crippen LogP contribution in [0.5, 0.6) is 0 Å². The Kier molecular flexibility index (Phi) is 5.84. The maximum atomic E-state index is 12.3. The second-order valence-electron chi connectivity index (χ2n) is 5.03. The third-order valence-corrected chi connectivity index (χ3v) is 5.03. The van der Waals surface area contributed by atoms with Gasteiger partial charge in [-0.25, -0.2) is 4.79 Å². The highest BCUT2D eigenvalue weighted by Crippen LogP contribution is 2.19. The number of nitrogens with zero attached hydrogens (tertiary/aromatic N) is 1. The van der Waals surface area contributed by atoms with Gasteiger partial charge < -0.3 is 20.2 Å². The lowest BCUT2D eigenvalue weighted by molar-refractivity contribution is -0.115. The molecule has 0 saturated carbocycles. The Hall–Kier alpha value is -1.80. The molecular formula is C15H20N4O2S2. The van der Waals surface area contributed by atoms with Crippen molar-refractivity contribution >= 4 is 50.9 Å². The molecule has 2 rings (SSSR count). The smallest absolute Gasteiger partial charge is 0.323 e. The number of hydrogen-bond acceptors (Lipinski definition) is 4. The first-order valence-electron chi connectivity index (χ1n) is 7.43. The van der Waals surface area contributed by atoms with E-state index in [0.717, 1.165) is 17.4 Å². The number of nitrogens with one attached hydrogen (secondary N) is 3. The molecule has 8 heteroatoms. The number of thioether (sulfide) groups is 1. The van der Waals surface area contributed by atoms with Crippen LogP contribution in [0.4, 0.5) is 5.69 Å². The van der Waals surface area contributed by atoms with Crippen molar-refractivity contribution in [1.82, 2.24) is 14.9 Å². The number of amides is 1. The molecule has 1 heterocycles. The lowest BCUT2D eigenvalue weighted by Gasteiger charge is -2.22. The number of H-pyrrole nitrogens is 2. The first-order valence-corrected chi connectivity index (χ1v) is 8.71. The van der Waals surface area contributed by atoms with Crippen LogP contribution in [-0.4, -0.2) is 43.4 Å². The van der Waals surface area contributed by atoms with Crippen molar-refractivity contribution < 1.29 is 4.79 Å². The topological polar surface area (TPSA) is 81.0 Å². The molecule has 6 nitrogen and oxygen atoms in total. The van der Waals surface area contributed by atoms with E-state index in [1.165, 1.54) is 11.8 Å². The van der Waals surface area contributed by atoms with Gasteiger partial charge in [0.25, 0.3) is 0 Å². The molecule has 3 N–H and O–H groups in total. The van der Waals surface area contributed by atoms with E-state index in [-0.39, 0.29) is 16.8 Å². The summed E-state index contributed by atoms with van der Waals surface area (Å²) in [5.74, 6) is -0.123. The standard InChI is InChI=1S/C15H20N4O2S2/c1-4-19(5-2)15(22)23-9(3)13(20)16-10-6-7-11-12(8-10)18-14(21)17-11/h6-9H,4-5H2,1-3H3,(H,16,20)(H2,17,18,21). The number of hydrogen-bond donors (Lipinski definition) is 3. The zero-order valence-corrected chi connectivity index (χ0v) is 14.9. The van der Waals surface area contributed by atoms with E-state index in [1.54, 1.807) is 18.2 Å². The Morgan fingerprint density at radius 1 is 1.30 bits per heavy atom. The zero-order chi connectivity index (χ0) is 17.0. The number of carbonyl (C=O) groups excluding carboxylic acids is 1. The molecule has 1 aromatic heterocycles. The third kappa shape index (κ3) is 4.35. The van der Waals surface area contributed by atoms with E-state index in [0.29, 0.717) is 16.7 Å². The summed E-state index contributed by atoms with van der Waals surface area (Å²) in [5.41, 5.74) is 1.74. The molecule has 0 aliphatic heterocycles. The van der Waals surface area contributed by atoms with Gasteiger partial charge in [-0.2, -0.15) is 0 Å². The summed E-state index contributed by atoms with van der Waals surface area (Å²) in [7, 11) is 0. The number of carbonyl (C=O) groups is 1. The second-order valence-corrected chi connectivity index (χ2v) is 7.00. The number of thiocarbonyl (C=S) groups is 1. The van der Waals surface area contributed by atoms with E-state index in [9.17, 15) is 9.59 Å². The van der Waals surface area contributed by atoms with Crippen LogP contribution in [0.3, 0.4) is 0 Å². The fraction of sp³-hybridized carbons (Fsp3) is 0.400. The predicted octanol–water partition coefficient (Wildman–Crippen LogP) is 2.54. The van der Waals surface area contributed by atoms with Crippen molar-refractivity contribution in [2.75, 3.05) is 18.4 Å². The summed E-state index contributed by atoms with van der Waals surface area (Å²) in [6.45, 7) is 7.55. The largest absolute Gasteiger partial charge is 0.358 e. The number of imidazole rings is 1. The molecule has 2 aromatic rings. The highest BCUT2D eigenvalue weighted by Gasteiger charge is 2.18. The molecule has 1 aromatic carbocycles. The van der Waals surface area contributed by atoms with Crippen molar-refractivity contribution in [1.29, 1.82) is 0 Å². The quantitative estimate of drug-likeness (QED) is 0.721. The van der Waals surface area contributed by atoms with Gasteiger partial charge in [-0.3, -0.25) is 4.79 Å². The number of rotatable bonds is 5. The van der Waals surface area contributed by atoms with Gasteiger partial charge in [0, 0.05) is 18.8 Å². The number of aromatic amines is 2. The highest BCUT2D eigenvalue weighted by molar-refractivity contribution is 8.23. The van der Waals surface area contributed by atoms with E-state index in [2.05, 4.69) is 15.3 Å². The summed E-state index contributed by atoms with van der Waals surface area (Å²) < 4.78 is 0.725. The zero-order valence-electron chi connectivity index (χ0n) is 13.3. The minimum atomic E-state index is -0.302. The van der Waals surface area contributed by atoms with Crippen LogP contribution in [0.2, 0.25) is 0 Å². The maximum absolute atomic E-state index is 12.3. The van der Waals surface area contributed by atoms with Crippen LogP contribution in [0, 0.1) is 0 Å². The fourth-order valence-electron chi connectivity index (χ4n) is 2.12. The molecule has 23 heavy (non-hydrogen) atoms. The van der Waals surface area contributed by atoms with Gasteiger partial charge in [-0.05, 0) is 39.0 Å². The Morgan fingerprint density at radius 2 is 1.96 bits per heavy atom. The highest BCUT2D eigenvalue weighted by atomic mass is 32.2. The van der Waals surface area contributed by atoms with Crippen LogP contribution in [0.1, 0.15) is 20.8 Å². The van der Waals surface area contributed by atoms with Gasteiger partial charge in [-0.1, -0.05) is 24.0 Å². The van der Waals surface area contributed by atoms with Crippen LogP contribution in [0.25, 0.3) is 11.0 Å². The molecule has 1 atom stereocenters. The summed E-state index contributed by atoms with van der Waals surface area (Å²) in [6, 6.07) is 5.23. The first kappa shape index (κ1) is 17.6. The monoisotopic (exact) mass is 352 g/mol. The second kappa shape index (κ2) is 7.65. The van der Waals surface area contributed by atoms with Gasteiger partial charge in [0.05, 0.1) is 16.3 Å².